The molecule has 6 heteroatoms. The first kappa shape index (κ1) is 11.6. The molecule has 1 aromatic carbocycles. The summed E-state index contributed by atoms with van der Waals surface area (Å²) in [4.78, 5) is 10.8. The molecule has 0 saturated heterocycles. The summed E-state index contributed by atoms with van der Waals surface area (Å²) in [5.74, 6) is -0.319. The fraction of sp³-hybridized carbons (Fsp3) is 0.222. The average molecular weight is 231 g/mol. The molecule has 0 aliphatic heterocycles. The summed E-state index contributed by atoms with van der Waals surface area (Å²) in [7, 11) is -4.69. The molecule has 0 aromatic heterocycles. The quantitative estimate of drug-likeness (QED) is 0.792. The molecule has 4 nitrogen and oxygen atoms in total. The van der Waals surface area contributed by atoms with Crippen LogP contribution < -0.4 is 5.32 Å². The van der Waals surface area contributed by atoms with Crippen LogP contribution in [0.2, 0.25) is 0 Å². The Morgan fingerprint density at radius 3 is 2.27 bits per heavy atom. The van der Waals surface area contributed by atoms with Crippen LogP contribution in [-0.2, 0) is 10.2 Å². The van der Waals surface area contributed by atoms with Gasteiger partial charge in [-0.05, 0) is 31.2 Å². The second-order valence-electron chi connectivity index (χ2n) is 2.82. The van der Waals surface area contributed by atoms with Crippen molar-refractivity contribution in [1.29, 1.82) is 0 Å². The van der Waals surface area contributed by atoms with Gasteiger partial charge in [0.25, 0.3) is 5.91 Å². The molecule has 0 fully saturated rings. The third-order valence-corrected chi connectivity index (χ3v) is 2.57. The molecule has 0 bridgehead atoms. The van der Waals surface area contributed by atoms with Gasteiger partial charge in [-0.1, -0.05) is 0 Å². The van der Waals surface area contributed by atoms with E-state index in [1.165, 1.54) is 12.1 Å². The lowest BCUT2D eigenvalue weighted by Gasteiger charge is -2.01. The van der Waals surface area contributed by atoms with Crippen LogP contribution in [0.5, 0.6) is 0 Å². The summed E-state index contributed by atoms with van der Waals surface area (Å²) >= 11 is 0. The normalized spacial score (nSPS) is 11.1. The van der Waals surface area contributed by atoms with Gasteiger partial charge in [-0.15, -0.1) is 3.89 Å². The Hall–Kier alpha value is -1.43. The lowest BCUT2D eigenvalue weighted by Crippen LogP contribution is -2.22. The molecule has 15 heavy (non-hydrogen) atoms. The molecule has 1 amide bonds. The van der Waals surface area contributed by atoms with Gasteiger partial charge in [0.2, 0.25) is 0 Å². The van der Waals surface area contributed by atoms with Crippen LogP contribution in [0.4, 0.5) is 3.89 Å². The molecule has 1 N–H and O–H groups in total. The van der Waals surface area contributed by atoms with Gasteiger partial charge in [-0.3, -0.25) is 4.79 Å². The maximum atomic E-state index is 12.5. The number of hydrogen-bond acceptors (Lipinski definition) is 3. The van der Waals surface area contributed by atoms with E-state index in [2.05, 4.69) is 5.32 Å². The van der Waals surface area contributed by atoms with E-state index in [0.717, 1.165) is 12.1 Å². The van der Waals surface area contributed by atoms with Crippen molar-refractivity contribution in [3.63, 3.8) is 0 Å². The minimum atomic E-state index is -4.69. The van der Waals surface area contributed by atoms with Crippen molar-refractivity contribution in [3.8, 4) is 0 Å². The number of carbonyl (C=O) groups is 1. The number of carbonyl (C=O) groups excluding carboxylic acids is 1. The molecule has 1 rings (SSSR count). The SMILES string of the molecule is CCNC(=O)c1ccc(S(=O)(=O)F)cc1. The highest BCUT2D eigenvalue weighted by atomic mass is 32.3. The van der Waals surface area contributed by atoms with Gasteiger partial charge < -0.3 is 5.32 Å². The van der Waals surface area contributed by atoms with E-state index in [0.29, 0.717) is 12.1 Å². The van der Waals surface area contributed by atoms with Crippen molar-refractivity contribution in [3.05, 3.63) is 29.8 Å². The van der Waals surface area contributed by atoms with Gasteiger partial charge in [-0.25, -0.2) is 0 Å². The Morgan fingerprint density at radius 2 is 1.87 bits per heavy atom. The van der Waals surface area contributed by atoms with Crippen LogP contribution in [0.25, 0.3) is 0 Å². The number of nitrogens with one attached hydrogen (secondary N) is 1. The monoisotopic (exact) mass is 231 g/mol. The third-order valence-electron chi connectivity index (χ3n) is 1.74. The second-order valence-corrected chi connectivity index (χ2v) is 4.17. The average Bonchev–Trinajstić information content (AvgIpc) is 2.17. The number of halogens is 1. The highest BCUT2D eigenvalue weighted by molar-refractivity contribution is 7.86. The summed E-state index contributed by atoms with van der Waals surface area (Å²) in [6, 6.07) is 4.63. The minimum Gasteiger partial charge on any atom is -0.352 e. The molecule has 0 aliphatic rings. The van der Waals surface area contributed by atoms with Gasteiger partial charge in [0.1, 0.15) is 0 Å². The van der Waals surface area contributed by atoms with Crippen molar-refractivity contribution in [2.24, 2.45) is 0 Å². The third kappa shape index (κ3) is 3.02. The van der Waals surface area contributed by atoms with Crippen LogP contribution in [0.3, 0.4) is 0 Å². The van der Waals surface area contributed by atoms with Crippen molar-refractivity contribution in [2.45, 2.75) is 11.8 Å². The van der Waals surface area contributed by atoms with E-state index in [9.17, 15) is 17.1 Å². The summed E-state index contributed by atoms with van der Waals surface area (Å²) in [5, 5.41) is 2.54. The molecule has 0 heterocycles. The molecule has 0 unspecified atom stereocenters. The first-order valence-electron chi connectivity index (χ1n) is 4.28. The van der Waals surface area contributed by atoms with Gasteiger partial charge in [0.05, 0.1) is 4.90 Å². The molecular formula is C9H10FNO3S. The predicted molar refractivity (Wildman–Crippen MR) is 52.7 cm³/mol. The Morgan fingerprint density at radius 1 is 1.33 bits per heavy atom. The van der Waals surface area contributed by atoms with E-state index in [1.807, 2.05) is 0 Å². The van der Waals surface area contributed by atoms with Crippen LogP contribution in [-0.4, -0.2) is 20.9 Å². The van der Waals surface area contributed by atoms with E-state index in [-0.39, 0.29) is 5.91 Å². The fourth-order valence-electron chi connectivity index (χ4n) is 1.03. The number of amides is 1. The smallest absolute Gasteiger partial charge is 0.332 e. The number of benzene rings is 1. The molecular weight excluding hydrogens is 221 g/mol. The van der Waals surface area contributed by atoms with Crippen molar-refractivity contribution < 1.29 is 17.1 Å². The van der Waals surface area contributed by atoms with Crippen molar-refractivity contribution in [2.75, 3.05) is 6.54 Å². The van der Waals surface area contributed by atoms with Gasteiger partial charge in [0, 0.05) is 12.1 Å². The lowest BCUT2D eigenvalue weighted by molar-refractivity contribution is 0.0955. The van der Waals surface area contributed by atoms with Crippen LogP contribution in [0, 0.1) is 0 Å². The Bertz CT molecular complexity index is 453. The number of rotatable bonds is 3. The molecule has 0 radical (unpaired) electrons. The Labute approximate surface area is 87.3 Å². The zero-order valence-electron chi connectivity index (χ0n) is 8.03. The largest absolute Gasteiger partial charge is 0.352 e. The van der Waals surface area contributed by atoms with Crippen LogP contribution in [0.15, 0.2) is 29.2 Å². The molecule has 0 saturated carbocycles. The number of hydrogen-bond donors (Lipinski definition) is 1. The summed E-state index contributed by atoms with van der Waals surface area (Å²) in [5.41, 5.74) is 0.296. The zero-order chi connectivity index (χ0) is 11.5. The highest BCUT2D eigenvalue weighted by Crippen LogP contribution is 2.12. The molecule has 0 aliphatic carbocycles. The van der Waals surface area contributed by atoms with Gasteiger partial charge in [-0.2, -0.15) is 8.42 Å². The maximum absolute atomic E-state index is 12.5. The van der Waals surface area contributed by atoms with Gasteiger partial charge in [0.15, 0.2) is 0 Å². The Balaban J connectivity index is 2.96. The highest BCUT2D eigenvalue weighted by Gasteiger charge is 2.12. The van der Waals surface area contributed by atoms with E-state index in [1.54, 1.807) is 6.92 Å². The van der Waals surface area contributed by atoms with Crippen molar-refractivity contribution >= 4 is 16.1 Å². The summed E-state index contributed by atoms with van der Waals surface area (Å²) in [6.07, 6.45) is 0. The zero-order valence-corrected chi connectivity index (χ0v) is 8.84. The Kier molecular flexibility index (Phi) is 3.41. The van der Waals surface area contributed by atoms with Crippen LogP contribution in [0.1, 0.15) is 17.3 Å². The van der Waals surface area contributed by atoms with Gasteiger partial charge >= 0.3 is 10.2 Å². The molecule has 0 atom stereocenters. The first-order valence-corrected chi connectivity index (χ1v) is 5.66. The summed E-state index contributed by atoms with van der Waals surface area (Å²) in [6.45, 7) is 2.24. The topological polar surface area (TPSA) is 63.2 Å². The molecule has 1 aromatic rings. The molecule has 0 spiro atoms. The van der Waals surface area contributed by atoms with Crippen molar-refractivity contribution in [1.82, 2.24) is 5.32 Å². The van der Waals surface area contributed by atoms with E-state index >= 15 is 0 Å². The maximum Gasteiger partial charge on any atom is 0.332 e. The van der Waals surface area contributed by atoms with Crippen LogP contribution >= 0.6 is 0 Å². The fourth-order valence-corrected chi connectivity index (χ4v) is 1.49. The minimum absolute atomic E-state index is 0.296. The molecule has 82 valence electrons. The van der Waals surface area contributed by atoms with E-state index in [4.69, 9.17) is 0 Å². The first-order chi connectivity index (χ1) is 6.95. The standard InChI is InChI=1S/C9H10FNO3S/c1-2-11-9(12)7-3-5-8(6-4-7)15(10,13)14/h3-6H,2H2,1H3,(H,11,12). The second kappa shape index (κ2) is 4.39. The van der Waals surface area contributed by atoms with E-state index < -0.39 is 15.1 Å². The predicted octanol–water partition coefficient (Wildman–Crippen LogP) is 1.09. The summed E-state index contributed by atoms with van der Waals surface area (Å²) < 4.78 is 33.4. The lowest BCUT2D eigenvalue weighted by atomic mass is 10.2.